The molecular weight excluding hydrogens is 268 g/mol. The standard InChI is InChI=1S/C16H30N2O3/c1-4-13(5-6-14(19)20)7-9-18-15(21)16(12(2)3)8-10-17-11-16/h12-13,17H,4-11H2,1-3H3,(H,18,21)(H,19,20). The number of aliphatic carboxylic acids is 1. The lowest BCUT2D eigenvalue weighted by Gasteiger charge is -2.31. The van der Waals surface area contributed by atoms with Gasteiger partial charge in [-0.05, 0) is 37.6 Å². The molecule has 122 valence electrons. The Balaban J connectivity index is 2.39. The first kappa shape index (κ1) is 18.0. The average Bonchev–Trinajstić information content (AvgIpc) is 2.92. The Kier molecular flexibility index (Phi) is 7.15. The van der Waals surface area contributed by atoms with Gasteiger partial charge in [0.25, 0.3) is 0 Å². The summed E-state index contributed by atoms with van der Waals surface area (Å²) >= 11 is 0. The van der Waals surface area contributed by atoms with E-state index >= 15 is 0 Å². The van der Waals surface area contributed by atoms with E-state index in [9.17, 15) is 9.59 Å². The summed E-state index contributed by atoms with van der Waals surface area (Å²) in [5.74, 6) is 0.100. The van der Waals surface area contributed by atoms with Gasteiger partial charge in [0.05, 0.1) is 5.41 Å². The normalized spacial score (nSPS) is 23.2. The zero-order valence-electron chi connectivity index (χ0n) is 13.6. The monoisotopic (exact) mass is 298 g/mol. The summed E-state index contributed by atoms with van der Waals surface area (Å²) in [6.07, 6.45) is 3.62. The summed E-state index contributed by atoms with van der Waals surface area (Å²) in [6.45, 7) is 8.59. The molecule has 5 heteroatoms. The number of hydrogen-bond acceptors (Lipinski definition) is 3. The molecule has 1 aliphatic rings. The van der Waals surface area contributed by atoms with E-state index < -0.39 is 5.97 Å². The Morgan fingerprint density at radius 2 is 2.05 bits per heavy atom. The van der Waals surface area contributed by atoms with Crippen molar-refractivity contribution in [1.29, 1.82) is 0 Å². The molecule has 2 atom stereocenters. The van der Waals surface area contributed by atoms with Crippen molar-refractivity contribution in [1.82, 2.24) is 10.6 Å². The van der Waals surface area contributed by atoms with E-state index in [0.717, 1.165) is 32.4 Å². The van der Waals surface area contributed by atoms with Gasteiger partial charge in [-0.2, -0.15) is 0 Å². The number of nitrogens with one attached hydrogen (secondary N) is 2. The van der Waals surface area contributed by atoms with Crippen molar-refractivity contribution in [2.45, 2.75) is 52.9 Å². The Labute approximate surface area is 127 Å². The van der Waals surface area contributed by atoms with Crippen molar-refractivity contribution in [2.24, 2.45) is 17.3 Å². The third kappa shape index (κ3) is 4.99. The molecule has 1 fully saturated rings. The fourth-order valence-electron chi connectivity index (χ4n) is 3.11. The van der Waals surface area contributed by atoms with Crippen LogP contribution in [0, 0.1) is 17.3 Å². The van der Waals surface area contributed by atoms with Gasteiger partial charge in [0.1, 0.15) is 0 Å². The minimum Gasteiger partial charge on any atom is -0.481 e. The predicted molar refractivity (Wildman–Crippen MR) is 83.0 cm³/mol. The number of rotatable bonds is 9. The van der Waals surface area contributed by atoms with Crippen molar-refractivity contribution in [2.75, 3.05) is 19.6 Å². The highest BCUT2D eigenvalue weighted by Crippen LogP contribution is 2.34. The molecule has 3 N–H and O–H groups in total. The minimum absolute atomic E-state index is 0.149. The molecule has 1 rings (SSSR count). The molecule has 1 saturated heterocycles. The van der Waals surface area contributed by atoms with Crippen LogP contribution in [0.3, 0.4) is 0 Å². The van der Waals surface area contributed by atoms with Gasteiger partial charge in [-0.1, -0.05) is 27.2 Å². The summed E-state index contributed by atoms with van der Waals surface area (Å²) in [7, 11) is 0. The van der Waals surface area contributed by atoms with Gasteiger partial charge < -0.3 is 15.7 Å². The smallest absolute Gasteiger partial charge is 0.303 e. The van der Waals surface area contributed by atoms with Gasteiger partial charge >= 0.3 is 5.97 Å². The first-order chi connectivity index (χ1) is 9.92. The van der Waals surface area contributed by atoms with Crippen LogP contribution in [0.4, 0.5) is 0 Å². The quantitative estimate of drug-likeness (QED) is 0.608. The first-order valence-corrected chi connectivity index (χ1v) is 8.13. The van der Waals surface area contributed by atoms with Crippen LogP contribution in [0.5, 0.6) is 0 Å². The zero-order chi connectivity index (χ0) is 15.9. The molecule has 2 unspecified atom stereocenters. The van der Waals surface area contributed by atoms with Crippen molar-refractivity contribution in [3.8, 4) is 0 Å². The second-order valence-corrected chi connectivity index (χ2v) is 6.49. The highest BCUT2D eigenvalue weighted by atomic mass is 16.4. The second-order valence-electron chi connectivity index (χ2n) is 6.49. The van der Waals surface area contributed by atoms with Gasteiger partial charge in [-0.3, -0.25) is 9.59 Å². The molecule has 0 aliphatic carbocycles. The lowest BCUT2D eigenvalue weighted by atomic mass is 9.75. The van der Waals surface area contributed by atoms with Crippen LogP contribution in [0.1, 0.15) is 52.9 Å². The summed E-state index contributed by atoms with van der Waals surface area (Å²) in [5, 5.41) is 15.1. The van der Waals surface area contributed by atoms with Crippen LogP contribution in [-0.2, 0) is 9.59 Å². The lowest BCUT2D eigenvalue weighted by molar-refractivity contribution is -0.137. The van der Waals surface area contributed by atoms with Crippen LogP contribution < -0.4 is 10.6 Å². The van der Waals surface area contributed by atoms with Gasteiger partial charge in [0, 0.05) is 19.5 Å². The second kappa shape index (κ2) is 8.37. The average molecular weight is 298 g/mol. The Bertz CT molecular complexity index is 349. The number of carboxylic acid groups (broad SMARTS) is 1. The molecule has 0 radical (unpaired) electrons. The maximum Gasteiger partial charge on any atom is 0.303 e. The predicted octanol–water partition coefficient (Wildman–Crippen LogP) is 2.02. The Morgan fingerprint density at radius 1 is 1.33 bits per heavy atom. The fourth-order valence-corrected chi connectivity index (χ4v) is 3.11. The number of carboxylic acids is 1. The van der Waals surface area contributed by atoms with E-state index in [2.05, 4.69) is 31.4 Å². The van der Waals surface area contributed by atoms with Crippen molar-refractivity contribution in [3.05, 3.63) is 0 Å². The van der Waals surface area contributed by atoms with Crippen LogP contribution in [-0.4, -0.2) is 36.6 Å². The van der Waals surface area contributed by atoms with E-state index in [4.69, 9.17) is 5.11 Å². The van der Waals surface area contributed by atoms with Crippen molar-refractivity contribution in [3.63, 3.8) is 0 Å². The molecule has 1 aliphatic heterocycles. The highest BCUT2D eigenvalue weighted by Gasteiger charge is 2.43. The van der Waals surface area contributed by atoms with Crippen molar-refractivity contribution >= 4 is 11.9 Å². The summed E-state index contributed by atoms with van der Waals surface area (Å²) in [4.78, 5) is 23.1. The number of hydrogen-bond donors (Lipinski definition) is 3. The molecule has 0 saturated carbocycles. The van der Waals surface area contributed by atoms with Crippen LogP contribution >= 0.6 is 0 Å². The van der Waals surface area contributed by atoms with Gasteiger partial charge in [0.2, 0.25) is 5.91 Å². The number of carbonyl (C=O) groups excluding carboxylic acids is 1. The molecular formula is C16H30N2O3. The zero-order valence-corrected chi connectivity index (χ0v) is 13.6. The van der Waals surface area contributed by atoms with Crippen LogP contribution in [0.25, 0.3) is 0 Å². The Morgan fingerprint density at radius 3 is 2.52 bits per heavy atom. The molecule has 1 heterocycles. The summed E-state index contributed by atoms with van der Waals surface area (Å²) in [5.41, 5.74) is -0.275. The largest absolute Gasteiger partial charge is 0.481 e. The molecule has 5 nitrogen and oxygen atoms in total. The first-order valence-electron chi connectivity index (χ1n) is 8.13. The van der Waals surface area contributed by atoms with E-state index in [0.29, 0.717) is 24.8 Å². The third-order valence-corrected chi connectivity index (χ3v) is 4.93. The molecule has 0 spiro atoms. The fraction of sp³-hybridized carbons (Fsp3) is 0.875. The van der Waals surface area contributed by atoms with Gasteiger partial charge in [-0.15, -0.1) is 0 Å². The number of amides is 1. The number of carbonyl (C=O) groups is 2. The summed E-state index contributed by atoms with van der Waals surface area (Å²) in [6, 6.07) is 0. The maximum atomic E-state index is 12.5. The third-order valence-electron chi connectivity index (χ3n) is 4.93. The molecule has 0 aromatic carbocycles. The lowest BCUT2D eigenvalue weighted by Crippen LogP contribution is -2.46. The highest BCUT2D eigenvalue weighted by molar-refractivity contribution is 5.83. The summed E-state index contributed by atoms with van der Waals surface area (Å²) < 4.78 is 0. The molecule has 0 aromatic heterocycles. The van der Waals surface area contributed by atoms with E-state index in [1.165, 1.54) is 0 Å². The molecule has 0 bridgehead atoms. The van der Waals surface area contributed by atoms with E-state index in [1.54, 1.807) is 0 Å². The van der Waals surface area contributed by atoms with Crippen molar-refractivity contribution < 1.29 is 14.7 Å². The Hall–Kier alpha value is -1.10. The maximum absolute atomic E-state index is 12.5. The van der Waals surface area contributed by atoms with Gasteiger partial charge in [0.15, 0.2) is 0 Å². The minimum atomic E-state index is -0.742. The molecule has 0 aromatic rings. The topological polar surface area (TPSA) is 78.4 Å². The van der Waals surface area contributed by atoms with E-state index in [1.807, 2.05) is 0 Å². The van der Waals surface area contributed by atoms with E-state index in [-0.39, 0.29) is 17.7 Å². The molecule has 21 heavy (non-hydrogen) atoms. The SMILES string of the molecule is CCC(CCNC(=O)C1(C(C)C)CCNC1)CCC(=O)O. The van der Waals surface area contributed by atoms with Gasteiger partial charge in [-0.25, -0.2) is 0 Å². The van der Waals surface area contributed by atoms with Crippen LogP contribution in [0.15, 0.2) is 0 Å². The van der Waals surface area contributed by atoms with Crippen LogP contribution in [0.2, 0.25) is 0 Å². The molecule has 1 amide bonds.